The first kappa shape index (κ1) is 19.6. The summed E-state index contributed by atoms with van der Waals surface area (Å²) in [6, 6.07) is 16.3. The molecule has 1 aromatic heterocycles. The van der Waals surface area contributed by atoms with Gasteiger partial charge in [-0.05, 0) is 17.2 Å². The maximum Gasteiger partial charge on any atom is 0.231 e. The number of halogens is 1. The summed E-state index contributed by atoms with van der Waals surface area (Å²) in [7, 11) is 0. The topological polar surface area (TPSA) is 94.2 Å². The van der Waals surface area contributed by atoms with Crippen molar-refractivity contribution in [3.8, 4) is 11.1 Å². The Balaban J connectivity index is 1.81. The van der Waals surface area contributed by atoms with Crippen LogP contribution in [-0.4, -0.2) is 29.4 Å². The summed E-state index contributed by atoms with van der Waals surface area (Å²) in [5.41, 5.74) is 2.15. The molecule has 28 heavy (non-hydrogen) atoms. The standard InChI is InChI=1S/C21H23FN4O2/c1-21(2,18-13-19(28-26-18)25-20(23)24-10-11-27)15-8-9-16(17(22)12-15)14-6-4-3-5-7-14/h3-9,12-13,27H,10-11H2,1-2H3,(H3,23,24,25). The van der Waals surface area contributed by atoms with Crippen molar-refractivity contribution >= 4 is 11.8 Å². The Morgan fingerprint density at radius 1 is 1.18 bits per heavy atom. The van der Waals surface area contributed by atoms with Gasteiger partial charge >= 0.3 is 0 Å². The van der Waals surface area contributed by atoms with Crippen LogP contribution in [0.1, 0.15) is 25.1 Å². The van der Waals surface area contributed by atoms with Gasteiger partial charge in [-0.25, -0.2) is 4.39 Å². The summed E-state index contributed by atoms with van der Waals surface area (Å²) >= 11 is 0. The van der Waals surface area contributed by atoms with E-state index in [0.717, 1.165) is 11.1 Å². The minimum Gasteiger partial charge on any atom is -0.395 e. The van der Waals surface area contributed by atoms with E-state index in [9.17, 15) is 4.39 Å². The van der Waals surface area contributed by atoms with Crippen LogP contribution in [0, 0.1) is 11.2 Å². The molecule has 0 atom stereocenters. The van der Waals surface area contributed by atoms with Gasteiger partial charge in [0.2, 0.25) is 5.88 Å². The van der Waals surface area contributed by atoms with Crippen LogP contribution in [0.2, 0.25) is 0 Å². The van der Waals surface area contributed by atoms with E-state index in [1.54, 1.807) is 12.1 Å². The molecule has 3 aromatic rings. The molecule has 0 bridgehead atoms. The second-order valence-electron chi connectivity index (χ2n) is 6.91. The van der Waals surface area contributed by atoms with E-state index in [1.165, 1.54) is 6.07 Å². The number of hydrogen-bond donors (Lipinski definition) is 4. The lowest BCUT2D eigenvalue weighted by atomic mass is 9.81. The quantitative estimate of drug-likeness (QED) is 0.385. The predicted molar refractivity (Wildman–Crippen MR) is 107 cm³/mol. The van der Waals surface area contributed by atoms with Crippen molar-refractivity contribution in [1.29, 1.82) is 5.41 Å². The third-order valence-corrected chi connectivity index (χ3v) is 4.59. The Morgan fingerprint density at radius 3 is 2.61 bits per heavy atom. The monoisotopic (exact) mass is 382 g/mol. The largest absolute Gasteiger partial charge is 0.395 e. The van der Waals surface area contributed by atoms with Gasteiger partial charge in [0.15, 0.2) is 5.96 Å². The molecule has 0 aliphatic carbocycles. The Morgan fingerprint density at radius 2 is 1.93 bits per heavy atom. The molecule has 146 valence electrons. The third-order valence-electron chi connectivity index (χ3n) is 4.59. The van der Waals surface area contributed by atoms with Gasteiger partial charge in [-0.2, -0.15) is 0 Å². The highest BCUT2D eigenvalue weighted by molar-refractivity contribution is 5.89. The van der Waals surface area contributed by atoms with Crippen molar-refractivity contribution in [2.75, 3.05) is 18.5 Å². The summed E-state index contributed by atoms with van der Waals surface area (Å²) in [4.78, 5) is 0. The van der Waals surface area contributed by atoms with E-state index in [1.807, 2.05) is 50.2 Å². The Bertz CT molecular complexity index is 954. The van der Waals surface area contributed by atoms with Crippen molar-refractivity contribution < 1.29 is 14.0 Å². The van der Waals surface area contributed by atoms with E-state index < -0.39 is 5.41 Å². The van der Waals surface area contributed by atoms with Crippen LogP contribution in [0.25, 0.3) is 11.1 Å². The number of anilines is 1. The van der Waals surface area contributed by atoms with Crippen LogP contribution < -0.4 is 10.6 Å². The molecular formula is C21H23FN4O2. The number of guanidine groups is 1. The Kier molecular flexibility index (Phi) is 5.75. The summed E-state index contributed by atoms with van der Waals surface area (Å²) in [5, 5.41) is 26.0. The molecule has 0 saturated carbocycles. The van der Waals surface area contributed by atoms with Gasteiger partial charge in [-0.3, -0.25) is 10.7 Å². The summed E-state index contributed by atoms with van der Waals surface area (Å²) in [5.74, 6) is -0.0127. The number of hydrogen-bond acceptors (Lipinski definition) is 4. The summed E-state index contributed by atoms with van der Waals surface area (Å²) < 4.78 is 20.0. The predicted octanol–water partition coefficient (Wildman–Crippen LogP) is 3.74. The molecule has 0 unspecified atom stereocenters. The summed E-state index contributed by atoms with van der Waals surface area (Å²) in [6.45, 7) is 4.04. The van der Waals surface area contributed by atoms with Crippen LogP contribution in [-0.2, 0) is 5.41 Å². The highest BCUT2D eigenvalue weighted by Crippen LogP contribution is 2.34. The smallest absolute Gasteiger partial charge is 0.231 e. The molecule has 0 spiro atoms. The molecule has 0 saturated heterocycles. The average molecular weight is 382 g/mol. The molecule has 0 fully saturated rings. The number of aromatic nitrogens is 1. The first-order valence-electron chi connectivity index (χ1n) is 8.95. The van der Waals surface area contributed by atoms with E-state index in [0.29, 0.717) is 17.1 Å². The van der Waals surface area contributed by atoms with E-state index in [4.69, 9.17) is 15.0 Å². The highest BCUT2D eigenvalue weighted by Gasteiger charge is 2.28. The number of nitrogens with one attached hydrogen (secondary N) is 3. The lowest BCUT2D eigenvalue weighted by Crippen LogP contribution is -2.31. The first-order chi connectivity index (χ1) is 13.4. The molecule has 0 radical (unpaired) electrons. The Labute approximate surface area is 162 Å². The fourth-order valence-corrected chi connectivity index (χ4v) is 2.88. The van der Waals surface area contributed by atoms with Gasteiger partial charge < -0.3 is 14.9 Å². The van der Waals surface area contributed by atoms with Crippen LogP contribution in [0.3, 0.4) is 0 Å². The zero-order valence-electron chi connectivity index (χ0n) is 15.8. The van der Waals surface area contributed by atoms with Gasteiger partial charge in [0.25, 0.3) is 0 Å². The number of rotatable bonds is 6. The van der Waals surface area contributed by atoms with E-state index in [-0.39, 0.29) is 24.9 Å². The van der Waals surface area contributed by atoms with Crippen molar-refractivity contribution in [2.24, 2.45) is 0 Å². The van der Waals surface area contributed by atoms with Crippen molar-refractivity contribution in [3.63, 3.8) is 0 Å². The van der Waals surface area contributed by atoms with Gasteiger partial charge in [0, 0.05) is 23.6 Å². The average Bonchev–Trinajstić information content (AvgIpc) is 3.16. The molecule has 4 N–H and O–H groups in total. The maximum atomic E-state index is 14.8. The minimum atomic E-state index is -0.597. The van der Waals surface area contributed by atoms with E-state index in [2.05, 4.69) is 15.8 Å². The van der Waals surface area contributed by atoms with Crippen LogP contribution in [0.5, 0.6) is 0 Å². The normalized spacial score (nSPS) is 11.3. The molecule has 2 aromatic carbocycles. The van der Waals surface area contributed by atoms with Crippen LogP contribution in [0.15, 0.2) is 59.1 Å². The fourth-order valence-electron chi connectivity index (χ4n) is 2.88. The van der Waals surface area contributed by atoms with Gasteiger partial charge in [-0.15, -0.1) is 0 Å². The molecule has 1 heterocycles. The van der Waals surface area contributed by atoms with Crippen molar-refractivity contribution in [2.45, 2.75) is 19.3 Å². The number of benzene rings is 2. The molecule has 6 nitrogen and oxygen atoms in total. The molecular weight excluding hydrogens is 359 g/mol. The third kappa shape index (κ3) is 4.20. The molecule has 7 heteroatoms. The second kappa shape index (κ2) is 8.22. The maximum absolute atomic E-state index is 14.8. The lowest BCUT2D eigenvalue weighted by molar-refractivity contribution is 0.300. The van der Waals surface area contributed by atoms with Crippen LogP contribution in [0.4, 0.5) is 10.3 Å². The fraction of sp³-hybridized carbons (Fsp3) is 0.238. The SMILES string of the molecule is CC(C)(c1ccc(-c2ccccc2)c(F)c1)c1cc(NC(=N)NCCO)on1. The van der Waals surface area contributed by atoms with Crippen LogP contribution >= 0.6 is 0 Å². The summed E-state index contributed by atoms with van der Waals surface area (Å²) in [6.07, 6.45) is 0. The van der Waals surface area contributed by atoms with Crippen molar-refractivity contribution in [1.82, 2.24) is 10.5 Å². The second-order valence-corrected chi connectivity index (χ2v) is 6.91. The molecule has 0 aliphatic rings. The number of aliphatic hydroxyl groups excluding tert-OH is 1. The number of nitrogens with zero attached hydrogens (tertiary/aromatic N) is 1. The first-order valence-corrected chi connectivity index (χ1v) is 8.95. The van der Waals surface area contributed by atoms with Crippen molar-refractivity contribution in [3.05, 3.63) is 71.7 Å². The van der Waals surface area contributed by atoms with E-state index >= 15 is 0 Å². The lowest BCUT2D eigenvalue weighted by Gasteiger charge is -2.23. The van der Waals surface area contributed by atoms with Gasteiger partial charge in [0.1, 0.15) is 5.82 Å². The molecule has 0 aliphatic heterocycles. The minimum absolute atomic E-state index is 0.00665. The Hall–Kier alpha value is -3.19. The zero-order chi connectivity index (χ0) is 20.1. The highest BCUT2D eigenvalue weighted by atomic mass is 19.1. The zero-order valence-corrected chi connectivity index (χ0v) is 15.8. The molecule has 3 rings (SSSR count). The number of aliphatic hydroxyl groups is 1. The molecule has 0 amide bonds. The van der Waals surface area contributed by atoms with Gasteiger partial charge in [-0.1, -0.05) is 61.5 Å². The van der Waals surface area contributed by atoms with Gasteiger partial charge in [0.05, 0.1) is 12.3 Å².